The van der Waals surface area contributed by atoms with Gasteiger partial charge in [0.2, 0.25) is 11.8 Å². The lowest BCUT2D eigenvalue weighted by molar-refractivity contribution is -0.142. The molecular weight excluding hydrogens is 400 g/mol. The molecule has 0 spiro atoms. The Morgan fingerprint density at radius 2 is 1.19 bits per heavy atom. The second-order valence-electron chi connectivity index (χ2n) is 9.60. The second-order valence-corrected chi connectivity index (χ2v) is 9.60. The van der Waals surface area contributed by atoms with Gasteiger partial charge in [-0.1, -0.05) is 18.6 Å². The zero-order valence-electron chi connectivity index (χ0n) is 18.6. The SMILES string of the molecule is O=C(C1CCCC(C(=O)N(Cc2ccccn2)C2CC2)C1)N(Cc1ccccn1)C1CC1. The maximum atomic E-state index is 13.5. The minimum Gasteiger partial charge on any atom is -0.334 e. The summed E-state index contributed by atoms with van der Waals surface area (Å²) in [6.45, 7) is 1.15. The Morgan fingerprint density at radius 1 is 0.719 bits per heavy atom. The van der Waals surface area contributed by atoms with Gasteiger partial charge in [0, 0.05) is 36.3 Å². The van der Waals surface area contributed by atoms with Crippen molar-refractivity contribution in [1.29, 1.82) is 0 Å². The van der Waals surface area contributed by atoms with E-state index in [0.717, 1.165) is 56.3 Å². The van der Waals surface area contributed by atoms with Crippen molar-refractivity contribution in [2.24, 2.45) is 11.8 Å². The number of carbonyl (C=O) groups is 2. The van der Waals surface area contributed by atoms with Crippen LogP contribution in [0.5, 0.6) is 0 Å². The van der Waals surface area contributed by atoms with Gasteiger partial charge in [0.25, 0.3) is 0 Å². The molecule has 168 valence electrons. The third-order valence-electron chi connectivity index (χ3n) is 7.03. The zero-order valence-corrected chi connectivity index (χ0v) is 18.6. The molecule has 2 atom stereocenters. The first-order valence-electron chi connectivity index (χ1n) is 12.1. The summed E-state index contributed by atoms with van der Waals surface area (Å²) in [4.78, 5) is 40.0. The van der Waals surface area contributed by atoms with Crippen molar-refractivity contribution in [1.82, 2.24) is 19.8 Å². The van der Waals surface area contributed by atoms with Crippen LogP contribution in [-0.4, -0.2) is 43.7 Å². The minimum atomic E-state index is -0.0575. The van der Waals surface area contributed by atoms with Gasteiger partial charge >= 0.3 is 0 Å². The first-order valence-corrected chi connectivity index (χ1v) is 12.1. The van der Waals surface area contributed by atoms with Crippen LogP contribution in [0.3, 0.4) is 0 Å². The molecule has 6 nitrogen and oxygen atoms in total. The van der Waals surface area contributed by atoms with Crippen LogP contribution >= 0.6 is 0 Å². The van der Waals surface area contributed by atoms with Gasteiger partial charge in [-0.2, -0.15) is 0 Å². The fourth-order valence-electron chi connectivity index (χ4n) is 4.99. The Bertz CT molecular complexity index is 852. The van der Waals surface area contributed by atoms with Crippen molar-refractivity contribution < 1.29 is 9.59 Å². The Kier molecular flexibility index (Phi) is 6.19. The molecule has 3 fully saturated rings. The van der Waals surface area contributed by atoms with E-state index in [4.69, 9.17) is 0 Å². The van der Waals surface area contributed by atoms with Crippen LogP contribution in [0, 0.1) is 11.8 Å². The molecule has 3 aliphatic carbocycles. The smallest absolute Gasteiger partial charge is 0.226 e. The normalized spacial score (nSPS) is 22.9. The maximum Gasteiger partial charge on any atom is 0.226 e. The standard InChI is InChI=1S/C26H32N4O2/c31-25(29(23-10-11-23)17-21-8-1-3-14-27-21)19-6-5-7-20(16-19)26(32)30(24-12-13-24)18-22-9-2-4-15-28-22/h1-4,8-9,14-15,19-20,23-24H,5-7,10-13,16-18H2. The molecule has 2 aromatic rings. The van der Waals surface area contributed by atoms with Crippen LogP contribution in [0.25, 0.3) is 0 Å². The molecule has 6 heteroatoms. The first kappa shape index (κ1) is 21.1. The predicted molar refractivity (Wildman–Crippen MR) is 121 cm³/mol. The summed E-state index contributed by atoms with van der Waals surface area (Å²) in [5.41, 5.74) is 1.87. The van der Waals surface area contributed by atoms with Gasteiger partial charge < -0.3 is 9.80 Å². The average Bonchev–Trinajstić information content (AvgIpc) is 3.76. The Hall–Kier alpha value is -2.76. The summed E-state index contributed by atoms with van der Waals surface area (Å²) in [5, 5.41) is 0. The van der Waals surface area contributed by atoms with E-state index < -0.39 is 0 Å². The monoisotopic (exact) mass is 432 g/mol. The van der Waals surface area contributed by atoms with Gasteiger partial charge in [0.15, 0.2) is 0 Å². The quantitative estimate of drug-likeness (QED) is 0.633. The zero-order chi connectivity index (χ0) is 21.9. The summed E-state index contributed by atoms with van der Waals surface area (Å²) in [7, 11) is 0. The summed E-state index contributed by atoms with van der Waals surface area (Å²) in [5.74, 6) is 0.326. The molecule has 0 bridgehead atoms. The van der Waals surface area contributed by atoms with E-state index in [0.29, 0.717) is 31.6 Å². The highest BCUT2D eigenvalue weighted by Crippen LogP contribution is 2.38. The molecule has 0 saturated heterocycles. The van der Waals surface area contributed by atoms with Gasteiger partial charge in [-0.15, -0.1) is 0 Å². The molecule has 0 aliphatic heterocycles. The number of amides is 2. The summed E-state index contributed by atoms with van der Waals surface area (Å²) in [6, 6.07) is 12.4. The number of hydrogen-bond acceptors (Lipinski definition) is 4. The third-order valence-corrected chi connectivity index (χ3v) is 7.03. The number of carbonyl (C=O) groups excluding carboxylic acids is 2. The number of pyridine rings is 2. The number of aromatic nitrogens is 2. The van der Waals surface area contributed by atoms with Crippen LogP contribution in [0.1, 0.15) is 62.8 Å². The molecule has 3 aliphatic rings. The van der Waals surface area contributed by atoms with Crippen molar-refractivity contribution in [3.8, 4) is 0 Å². The van der Waals surface area contributed by atoms with E-state index in [9.17, 15) is 9.59 Å². The fourth-order valence-corrected chi connectivity index (χ4v) is 4.99. The maximum absolute atomic E-state index is 13.5. The van der Waals surface area contributed by atoms with Gasteiger partial charge in [-0.3, -0.25) is 19.6 Å². The highest BCUT2D eigenvalue weighted by atomic mass is 16.2. The van der Waals surface area contributed by atoms with Crippen LogP contribution < -0.4 is 0 Å². The van der Waals surface area contributed by atoms with Gasteiger partial charge in [0.1, 0.15) is 0 Å². The molecule has 32 heavy (non-hydrogen) atoms. The molecule has 5 rings (SSSR count). The molecule has 2 unspecified atom stereocenters. The predicted octanol–water partition coefficient (Wildman–Crippen LogP) is 3.97. The van der Waals surface area contributed by atoms with Crippen LogP contribution in [-0.2, 0) is 22.7 Å². The summed E-state index contributed by atoms with van der Waals surface area (Å²) < 4.78 is 0. The second kappa shape index (κ2) is 9.39. The van der Waals surface area contributed by atoms with E-state index >= 15 is 0 Å². The van der Waals surface area contributed by atoms with E-state index in [2.05, 4.69) is 9.97 Å². The van der Waals surface area contributed by atoms with Crippen LogP contribution in [0.15, 0.2) is 48.8 Å². The van der Waals surface area contributed by atoms with Gasteiger partial charge in [0.05, 0.1) is 24.5 Å². The Labute approximate surface area is 190 Å². The van der Waals surface area contributed by atoms with E-state index in [-0.39, 0.29) is 23.7 Å². The van der Waals surface area contributed by atoms with E-state index in [1.165, 1.54) is 0 Å². The lowest BCUT2D eigenvalue weighted by atomic mass is 9.79. The van der Waals surface area contributed by atoms with Crippen molar-refractivity contribution in [3.05, 3.63) is 60.2 Å². The van der Waals surface area contributed by atoms with Gasteiger partial charge in [-0.05, 0) is 69.2 Å². The fraction of sp³-hybridized carbons (Fsp3) is 0.538. The lowest BCUT2D eigenvalue weighted by Crippen LogP contribution is -2.43. The molecule has 2 heterocycles. The average molecular weight is 433 g/mol. The highest BCUT2D eigenvalue weighted by Gasteiger charge is 2.41. The molecule has 0 N–H and O–H groups in total. The Balaban J connectivity index is 1.25. The topological polar surface area (TPSA) is 66.4 Å². The lowest BCUT2D eigenvalue weighted by Gasteiger charge is -2.34. The van der Waals surface area contributed by atoms with E-state index in [1.54, 1.807) is 12.4 Å². The molecule has 0 radical (unpaired) electrons. The molecule has 2 amide bonds. The van der Waals surface area contributed by atoms with Crippen molar-refractivity contribution in [2.45, 2.75) is 76.5 Å². The largest absolute Gasteiger partial charge is 0.334 e. The minimum absolute atomic E-state index is 0.0575. The van der Waals surface area contributed by atoms with Crippen LogP contribution in [0.4, 0.5) is 0 Å². The van der Waals surface area contributed by atoms with E-state index in [1.807, 2.05) is 46.2 Å². The molecular formula is C26H32N4O2. The van der Waals surface area contributed by atoms with Crippen molar-refractivity contribution in [3.63, 3.8) is 0 Å². The summed E-state index contributed by atoms with van der Waals surface area (Å²) >= 11 is 0. The van der Waals surface area contributed by atoms with Crippen LogP contribution in [0.2, 0.25) is 0 Å². The first-order chi connectivity index (χ1) is 15.7. The molecule has 3 saturated carbocycles. The van der Waals surface area contributed by atoms with Gasteiger partial charge in [-0.25, -0.2) is 0 Å². The summed E-state index contributed by atoms with van der Waals surface area (Å²) in [6.07, 6.45) is 11.3. The third kappa shape index (κ3) is 5.00. The molecule has 2 aromatic heterocycles. The number of hydrogen-bond donors (Lipinski definition) is 0. The highest BCUT2D eigenvalue weighted by molar-refractivity contribution is 5.83. The van der Waals surface area contributed by atoms with Crippen molar-refractivity contribution >= 4 is 11.8 Å². The molecule has 0 aromatic carbocycles. The number of rotatable bonds is 8. The van der Waals surface area contributed by atoms with Crippen molar-refractivity contribution in [2.75, 3.05) is 0 Å². The number of nitrogens with zero attached hydrogens (tertiary/aromatic N) is 4. The Morgan fingerprint density at radius 3 is 1.56 bits per heavy atom.